The molecule has 17 heavy (non-hydrogen) atoms. The molecule has 0 bridgehead atoms. The summed E-state index contributed by atoms with van der Waals surface area (Å²) in [6.07, 6.45) is -0.566. The number of ether oxygens (including phenoxy) is 2. The summed E-state index contributed by atoms with van der Waals surface area (Å²) in [5.74, 6) is 0. The van der Waals surface area contributed by atoms with E-state index in [9.17, 15) is 4.79 Å². The van der Waals surface area contributed by atoms with E-state index in [0.717, 1.165) is 11.1 Å². The number of benzene rings is 1. The SMILES string of the molecule is CCOC(=O)NCC(OC)c1ccccc1C. The number of hydrogen-bond acceptors (Lipinski definition) is 3. The molecule has 1 N–H and O–H groups in total. The molecule has 0 heterocycles. The minimum absolute atomic E-state index is 0.152. The third-order valence-electron chi connectivity index (χ3n) is 2.53. The van der Waals surface area contributed by atoms with Crippen LogP contribution >= 0.6 is 0 Å². The van der Waals surface area contributed by atoms with Crippen LogP contribution in [0.2, 0.25) is 0 Å². The van der Waals surface area contributed by atoms with Crippen LogP contribution in [0.1, 0.15) is 24.2 Å². The van der Waals surface area contributed by atoms with Crippen LogP contribution in [0.5, 0.6) is 0 Å². The summed E-state index contributed by atoms with van der Waals surface area (Å²) in [6, 6.07) is 7.95. The average Bonchev–Trinajstić information content (AvgIpc) is 2.32. The summed E-state index contributed by atoms with van der Waals surface area (Å²) in [6.45, 7) is 4.56. The number of aryl methyl sites for hydroxylation is 1. The van der Waals surface area contributed by atoms with Crippen molar-refractivity contribution < 1.29 is 14.3 Å². The Morgan fingerprint density at radius 3 is 2.71 bits per heavy atom. The van der Waals surface area contributed by atoms with Crippen LogP contribution in [0.25, 0.3) is 0 Å². The van der Waals surface area contributed by atoms with E-state index in [1.807, 2.05) is 31.2 Å². The highest BCUT2D eigenvalue weighted by Crippen LogP contribution is 2.19. The Morgan fingerprint density at radius 2 is 2.12 bits per heavy atom. The number of carbonyl (C=O) groups excluding carboxylic acids is 1. The van der Waals surface area contributed by atoms with Gasteiger partial charge in [0.15, 0.2) is 0 Å². The van der Waals surface area contributed by atoms with Gasteiger partial charge in [-0.3, -0.25) is 0 Å². The molecular weight excluding hydrogens is 218 g/mol. The van der Waals surface area contributed by atoms with Crippen molar-refractivity contribution in [1.82, 2.24) is 5.32 Å². The van der Waals surface area contributed by atoms with E-state index in [2.05, 4.69) is 5.32 Å². The van der Waals surface area contributed by atoms with Gasteiger partial charge < -0.3 is 14.8 Å². The van der Waals surface area contributed by atoms with Crippen LogP contribution in [-0.4, -0.2) is 26.4 Å². The fraction of sp³-hybridized carbons (Fsp3) is 0.462. The van der Waals surface area contributed by atoms with E-state index in [1.165, 1.54) is 0 Å². The first kappa shape index (κ1) is 13.5. The summed E-state index contributed by atoms with van der Waals surface area (Å²) in [5.41, 5.74) is 2.22. The summed E-state index contributed by atoms with van der Waals surface area (Å²) in [5, 5.41) is 2.67. The van der Waals surface area contributed by atoms with Crippen LogP contribution < -0.4 is 5.32 Å². The van der Waals surface area contributed by atoms with Crippen LogP contribution in [0.3, 0.4) is 0 Å². The lowest BCUT2D eigenvalue weighted by Gasteiger charge is -2.18. The molecule has 0 spiro atoms. The quantitative estimate of drug-likeness (QED) is 0.855. The van der Waals surface area contributed by atoms with Crippen molar-refractivity contribution in [2.75, 3.05) is 20.3 Å². The van der Waals surface area contributed by atoms with Crippen molar-refractivity contribution in [2.45, 2.75) is 20.0 Å². The molecule has 4 nitrogen and oxygen atoms in total. The zero-order valence-corrected chi connectivity index (χ0v) is 10.5. The lowest BCUT2D eigenvalue weighted by molar-refractivity contribution is 0.0951. The molecule has 0 radical (unpaired) electrons. The number of methoxy groups -OCH3 is 1. The number of rotatable bonds is 5. The monoisotopic (exact) mass is 237 g/mol. The van der Waals surface area contributed by atoms with Crippen molar-refractivity contribution >= 4 is 6.09 Å². The summed E-state index contributed by atoms with van der Waals surface area (Å²) >= 11 is 0. The number of alkyl carbamates (subject to hydrolysis) is 1. The van der Waals surface area contributed by atoms with Gasteiger partial charge in [-0.15, -0.1) is 0 Å². The van der Waals surface area contributed by atoms with Crippen molar-refractivity contribution in [3.63, 3.8) is 0 Å². The minimum Gasteiger partial charge on any atom is -0.450 e. The lowest BCUT2D eigenvalue weighted by atomic mass is 10.0. The molecule has 0 aliphatic rings. The molecule has 0 aliphatic carbocycles. The average molecular weight is 237 g/mol. The molecule has 4 heteroatoms. The van der Waals surface area contributed by atoms with Gasteiger partial charge in [0.2, 0.25) is 0 Å². The fourth-order valence-corrected chi connectivity index (χ4v) is 1.63. The Labute approximate surface area is 102 Å². The van der Waals surface area contributed by atoms with Gasteiger partial charge in [-0.2, -0.15) is 0 Å². The first-order chi connectivity index (χ1) is 8.19. The highest BCUT2D eigenvalue weighted by Gasteiger charge is 2.13. The lowest BCUT2D eigenvalue weighted by Crippen LogP contribution is -2.29. The molecule has 1 atom stereocenters. The van der Waals surface area contributed by atoms with E-state index >= 15 is 0 Å². The second-order valence-corrected chi connectivity index (χ2v) is 3.68. The minimum atomic E-state index is -0.414. The van der Waals surface area contributed by atoms with Crippen molar-refractivity contribution in [3.05, 3.63) is 35.4 Å². The Hall–Kier alpha value is -1.55. The van der Waals surface area contributed by atoms with Gasteiger partial charge in [0.25, 0.3) is 0 Å². The first-order valence-electron chi connectivity index (χ1n) is 5.68. The topological polar surface area (TPSA) is 47.6 Å². The van der Waals surface area contributed by atoms with Gasteiger partial charge >= 0.3 is 6.09 Å². The molecule has 0 aromatic heterocycles. The van der Waals surface area contributed by atoms with E-state index in [4.69, 9.17) is 9.47 Å². The normalized spacial score (nSPS) is 11.9. The van der Waals surface area contributed by atoms with Crippen LogP contribution in [0.4, 0.5) is 4.79 Å². The van der Waals surface area contributed by atoms with Gasteiger partial charge in [0.1, 0.15) is 0 Å². The van der Waals surface area contributed by atoms with Gasteiger partial charge in [0.05, 0.1) is 19.3 Å². The predicted molar refractivity (Wildman–Crippen MR) is 66.0 cm³/mol. The molecule has 0 saturated heterocycles. The maximum atomic E-state index is 11.2. The standard InChI is InChI=1S/C13H19NO3/c1-4-17-13(15)14-9-12(16-3)11-8-6-5-7-10(11)2/h5-8,12H,4,9H2,1-3H3,(H,14,15). The highest BCUT2D eigenvalue weighted by atomic mass is 16.5. The highest BCUT2D eigenvalue weighted by molar-refractivity contribution is 5.67. The van der Waals surface area contributed by atoms with Crippen LogP contribution in [0.15, 0.2) is 24.3 Å². The Balaban J connectivity index is 2.60. The smallest absolute Gasteiger partial charge is 0.407 e. The molecule has 0 aliphatic heterocycles. The second kappa shape index (κ2) is 6.91. The summed E-state index contributed by atoms with van der Waals surface area (Å²) < 4.78 is 10.2. The van der Waals surface area contributed by atoms with Crippen molar-refractivity contribution in [2.24, 2.45) is 0 Å². The maximum absolute atomic E-state index is 11.2. The second-order valence-electron chi connectivity index (χ2n) is 3.68. The Kier molecular flexibility index (Phi) is 5.49. The van der Waals surface area contributed by atoms with Crippen molar-refractivity contribution in [3.8, 4) is 0 Å². The van der Waals surface area contributed by atoms with Crippen molar-refractivity contribution in [1.29, 1.82) is 0 Å². The molecule has 1 rings (SSSR count). The first-order valence-corrected chi connectivity index (χ1v) is 5.68. The third kappa shape index (κ3) is 4.07. The molecule has 1 amide bonds. The zero-order chi connectivity index (χ0) is 12.7. The van der Waals surface area contributed by atoms with Gasteiger partial charge in [-0.05, 0) is 25.0 Å². The van der Waals surface area contributed by atoms with E-state index < -0.39 is 6.09 Å². The number of nitrogens with one attached hydrogen (secondary N) is 1. The molecule has 94 valence electrons. The number of amides is 1. The zero-order valence-electron chi connectivity index (χ0n) is 10.5. The molecular formula is C13H19NO3. The van der Waals surface area contributed by atoms with E-state index in [1.54, 1.807) is 14.0 Å². The van der Waals surface area contributed by atoms with E-state index in [-0.39, 0.29) is 6.10 Å². The van der Waals surface area contributed by atoms with Gasteiger partial charge in [0, 0.05) is 7.11 Å². The predicted octanol–water partition coefficient (Wildman–Crippen LogP) is 2.43. The Bertz CT molecular complexity index is 365. The number of hydrogen-bond donors (Lipinski definition) is 1. The summed E-state index contributed by atoms with van der Waals surface area (Å²) in [7, 11) is 1.63. The molecule has 1 aromatic carbocycles. The summed E-state index contributed by atoms with van der Waals surface area (Å²) in [4.78, 5) is 11.2. The Morgan fingerprint density at radius 1 is 1.41 bits per heavy atom. The van der Waals surface area contributed by atoms with Gasteiger partial charge in [-0.1, -0.05) is 24.3 Å². The maximum Gasteiger partial charge on any atom is 0.407 e. The molecule has 1 aromatic rings. The molecule has 0 saturated carbocycles. The largest absolute Gasteiger partial charge is 0.450 e. The van der Waals surface area contributed by atoms with Gasteiger partial charge in [-0.25, -0.2) is 4.79 Å². The number of carbonyl (C=O) groups is 1. The molecule has 0 fully saturated rings. The third-order valence-corrected chi connectivity index (χ3v) is 2.53. The fourth-order valence-electron chi connectivity index (χ4n) is 1.63. The van der Waals surface area contributed by atoms with E-state index in [0.29, 0.717) is 13.2 Å². The van der Waals surface area contributed by atoms with Crippen LogP contribution in [0, 0.1) is 6.92 Å². The van der Waals surface area contributed by atoms with Crippen LogP contribution in [-0.2, 0) is 9.47 Å². The molecule has 1 unspecified atom stereocenters.